The van der Waals surface area contributed by atoms with E-state index in [9.17, 15) is 19.5 Å². The van der Waals surface area contributed by atoms with Gasteiger partial charge in [-0.2, -0.15) is 0 Å². The molecule has 7 nitrogen and oxygen atoms in total. The minimum absolute atomic E-state index is 0.319. The van der Waals surface area contributed by atoms with Crippen LogP contribution < -0.4 is 15.4 Å². The summed E-state index contributed by atoms with van der Waals surface area (Å²) in [4.78, 5) is 36.4. The van der Waals surface area contributed by atoms with Gasteiger partial charge in [-0.05, 0) is 35.7 Å². The standard InChI is InChI=1S/C21H22N2O5/c1-21(2)16(17(21)20(26)27)19(25)23-14-11-12(9-10-15(14)28-3)18(24)22-13-7-5-4-6-8-13/h4-11,16-17H,1-3H3,(H,22,24)(H,23,25)(H,26,27)/t16-,17-/m1/s1. The highest BCUT2D eigenvalue weighted by atomic mass is 16.5. The summed E-state index contributed by atoms with van der Waals surface area (Å²) in [5.74, 6) is -2.72. The van der Waals surface area contributed by atoms with Gasteiger partial charge in [-0.1, -0.05) is 32.0 Å². The predicted molar refractivity (Wildman–Crippen MR) is 104 cm³/mol. The van der Waals surface area contributed by atoms with E-state index in [2.05, 4.69) is 10.6 Å². The van der Waals surface area contributed by atoms with Crippen LogP contribution in [-0.4, -0.2) is 30.0 Å². The Bertz CT molecular complexity index is 924. The molecule has 2 amide bonds. The van der Waals surface area contributed by atoms with Gasteiger partial charge >= 0.3 is 5.97 Å². The van der Waals surface area contributed by atoms with Gasteiger partial charge < -0.3 is 20.5 Å². The average molecular weight is 382 g/mol. The third kappa shape index (κ3) is 3.69. The average Bonchev–Trinajstić information content (AvgIpc) is 3.25. The van der Waals surface area contributed by atoms with Crippen LogP contribution in [-0.2, 0) is 9.59 Å². The highest BCUT2D eigenvalue weighted by Gasteiger charge is 2.65. The number of carboxylic acids is 1. The van der Waals surface area contributed by atoms with Gasteiger partial charge in [0.25, 0.3) is 5.91 Å². The number of carbonyl (C=O) groups is 3. The fourth-order valence-corrected chi connectivity index (χ4v) is 3.47. The number of carboxylic acid groups (broad SMARTS) is 1. The zero-order valence-electron chi connectivity index (χ0n) is 15.9. The Balaban J connectivity index is 1.79. The number of ether oxygens (including phenoxy) is 1. The van der Waals surface area contributed by atoms with Crippen LogP contribution in [0.3, 0.4) is 0 Å². The molecule has 0 bridgehead atoms. The quantitative estimate of drug-likeness (QED) is 0.711. The van der Waals surface area contributed by atoms with Crippen molar-refractivity contribution in [3.05, 3.63) is 54.1 Å². The van der Waals surface area contributed by atoms with Crippen LogP contribution in [0.5, 0.6) is 5.75 Å². The number of hydrogen-bond acceptors (Lipinski definition) is 4. The Morgan fingerprint density at radius 3 is 2.25 bits per heavy atom. The molecule has 0 aliphatic heterocycles. The second-order valence-electron chi connectivity index (χ2n) is 7.34. The lowest BCUT2D eigenvalue weighted by atomic mass is 10.1. The van der Waals surface area contributed by atoms with Crippen molar-refractivity contribution in [2.24, 2.45) is 17.3 Å². The Labute approximate surface area is 162 Å². The molecule has 0 radical (unpaired) electrons. The topological polar surface area (TPSA) is 105 Å². The predicted octanol–water partition coefficient (Wildman–Crippen LogP) is 3.24. The number of carbonyl (C=O) groups excluding carboxylic acids is 2. The molecule has 28 heavy (non-hydrogen) atoms. The van der Waals surface area contributed by atoms with Crippen LogP contribution in [0.15, 0.2) is 48.5 Å². The van der Waals surface area contributed by atoms with E-state index in [4.69, 9.17) is 4.74 Å². The molecule has 2 aromatic rings. The van der Waals surface area contributed by atoms with Crippen molar-refractivity contribution in [3.8, 4) is 5.75 Å². The summed E-state index contributed by atoms with van der Waals surface area (Å²) in [6.07, 6.45) is 0. The second kappa shape index (κ2) is 7.34. The number of amides is 2. The third-order valence-electron chi connectivity index (χ3n) is 5.13. The van der Waals surface area contributed by atoms with Crippen LogP contribution in [0.1, 0.15) is 24.2 Å². The van der Waals surface area contributed by atoms with Crippen molar-refractivity contribution in [3.63, 3.8) is 0 Å². The molecule has 1 aliphatic carbocycles. The Kier molecular flexibility index (Phi) is 5.09. The molecular weight excluding hydrogens is 360 g/mol. The fraction of sp³-hybridized carbons (Fsp3) is 0.286. The van der Waals surface area contributed by atoms with E-state index in [1.807, 2.05) is 18.2 Å². The van der Waals surface area contributed by atoms with Gasteiger partial charge in [0.05, 0.1) is 24.6 Å². The number of methoxy groups -OCH3 is 1. The SMILES string of the molecule is COc1ccc(C(=O)Nc2ccccc2)cc1NC(=O)[C@H]1[C@H](C(=O)O)C1(C)C. The lowest BCUT2D eigenvalue weighted by Gasteiger charge is -2.13. The normalized spacial score (nSPS) is 19.4. The van der Waals surface area contributed by atoms with Gasteiger partial charge in [-0.25, -0.2) is 0 Å². The third-order valence-corrected chi connectivity index (χ3v) is 5.13. The number of hydrogen-bond donors (Lipinski definition) is 3. The number of aliphatic carboxylic acids is 1. The molecule has 146 valence electrons. The smallest absolute Gasteiger partial charge is 0.307 e. The number of benzene rings is 2. The monoisotopic (exact) mass is 382 g/mol. The number of para-hydroxylation sites is 1. The highest BCUT2D eigenvalue weighted by molar-refractivity contribution is 6.06. The first-order valence-electron chi connectivity index (χ1n) is 8.84. The lowest BCUT2D eigenvalue weighted by Crippen LogP contribution is -2.19. The Morgan fingerprint density at radius 2 is 1.68 bits per heavy atom. The first-order chi connectivity index (χ1) is 13.3. The van der Waals surface area contributed by atoms with Crippen LogP contribution in [0.2, 0.25) is 0 Å². The molecule has 1 aliphatic rings. The lowest BCUT2D eigenvalue weighted by molar-refractivity contribution is -0.140. The largest absolute Gasteiger partial charge is 0.495 e. The van der Waals surface area contributed by atoms with E-state index < -0.39 is 29.1 Å². The summed E-state index contributed by atoms with van der Waals surface area (Å²) in [6, 6.07) is 13.7. The summed E-state index contributed by atoms with van der Waals surface area (Å²) >= 11 is 0. The maximum absolute atomic E-state index is 12.6. The summed E-state index contributed by atoms with van der Waals surface area (Å²) in [5.41, 5.74) is 0.689. The molecule has 7 heteroatoms. The first-order valence-corrected chi connectivity index (χ1v) is 8.84. The van der Waals surface area contributed by atoms with E-state index in [1.54, 1.807) is 38.1 Å². The van der Waals surface area contributed by atoms with Crippen molar-refractivity contribution in [1.82, 2.24) is 0 Å². The van der Waals surface area contributed by atoms with Crippen molar-refractivity contribution < 1.29 is 24.2 Å². The van der Waals surface area contributed by atoms with Crippen LogP contribution in [0.25, 0.3) is 0 Å². The molecule has 0 heterocycles. The van der Waals surface area contributed by atoms with Crippen molar-refractivity contribution in [2.45, 2.75) is 13.8 Å². The summed E-state index contributed by atoms with van der Waals surface area (Å²) < 4.78 is 5.26. The Morgan fingerprint density at radius 1 is 1.00 bits per heavy atom. The van der Waals surface area contributed by atoms with Gasteiger partial charge in [0.15, 0.2) is 0 Å². The molecular formula is C21H22N2O5. The molecule has 3 N–H and O–H groups in total. The minimum Gasteiger partial charge on any atom is -0.495 e. The number of anilines is 2. The molecule has 2 aromatic carbocycles. The number of rotatable bonds is 6. The van der Waals surface area contributed by atoms with E-state index >= 15 is 0 Å². The van der Waals surface area contributed by atoms with Crippen molar-refractivity contribution in [2.75, 3.05) is 17.7 Å². The minimum atomic E-state index is -0.992. The van der Waals surface area contributed by atoms with Gasteiger partial charge in [-0.3, -0.25) is 14.4 Å². The Hall–Kier alpha value is -3.35. The number of nitrogens with one attached hydrogen (secondary N) is 2. The molecule has 0 aromatic heterocycles. The maximum Gasteiger partial charge on any atom is 0.307 e. The van der Waals surface area contributed by atoms with E-state index in [-0.39, 0.29) is 5.91 Å². The maximum atomic E-state index is 12.6. The molecule has 1 saturated carbocycles. The fourth-order valence-electron chi connectivity index (χ4n) is 3.47. The van der Waals surface area contributed by atoms with Gasteiger partial charge in [0, 0.05) is 11.3 Å². The van der Waals surface area contributed by atoms with Crippen molar-refractivity contribution >= 4 is 29.2 Å². The van der Waals surface area contributed by atoms with Gasteiger partial charge in [0.1, 0.15) is 5.75 Å². The van der Waals surface area contributed by atoms with E-state index in [1.165, 1.54) is 13.2 Å². The van der Waals surface area contributed by atoms with Crippen LogP contribution >= 0.6 is 0 Å². The zero-order chi connectivity index (χ0) is 20.5. The van der Waals surface area contributed by atoms with Crippen LogP contribution in [0.4, 0.5) is 11.4 Å². The van der Waals surface area contributed by atoms with Gasteiger partial charge in [0.2, 0.25) is 5.91 Å². The van der Waals surface area contributed by atoms with Crippen LogP contribution in [0, 0.1) is 17.3 Å². The second-order valence-corrected chi connectivity index (χ2v) is 7.34. The summed E-state index contributed by atoms with van der Waals surface area (Å²) in [6.45, 7) is 3.49. The van der Waals surface area contributed by atoms with Crippen molar-refractivity contribution in [1.29, 1.82) is 0 Å². The zero-order valence-corrected chi connectivity index (χ0v) is 15.9. The molecule has 0 saturated heterocycles. The molecule has 3 rings (SSSR count). The molecule has 0 spiro atoms. The highest BCUT2D eigenvalue weighted by Crippen LogP contribution is 2.58. The van der Waals surface area contributed by atoms with Gasteiger partial charge in [-0.15, -0.1) is 0 Å². The van der Waals surface area contributed by atoms with E-state index in [0.717, 1.165) is 0 Å². The van der Waals surface area contributed by atoms with E-state index in [0.29, 0.717) is 22.7 Å². The molecule has 2 atom stereocenters. The summed E-state index contributed by atoms with van der Waals surface area (Å²) in [5, 5.41) is 14.8. The molecule has 1 fully saturated rings. The molecule has 0 unspecified atom stereocenters. The summed E-state index contributed by atoms with van der Waals surface area (Å²) in [7, 11) is 1.45. The first kappa shape index (κ1) is 19.4.